The number of nitrogens with one attached hydrogen (secondary N) is 2. The second-order valence-corrected chi connectivity index (χ2v) is 6.96. The third kappa shape index (κ3) is 3.97. The molecule has 0 radical (unpaired) electrons. The van der Waals surface area contributed by atoms with Crippen molar-refractivity contribution < 1.29 is 9.59 Å². The maximum Gasteiger partial charge on any atom is 0.228 e. The predicted molar refractivity (Wildman–Crippen MR) is 96.9 cm³/mol. The van der Waals surface area contributed by atoms with Crippen LogP contribution in [-0.4, -0.2) is 17.6 Å². The van der Waals surface area contributed by atoms with Crippen molar-refractivity contribution in [3.8, 4) is 0 Å². The van der Waals surface area contributed by atoms with Gasteiger partial charge in [-0.15, -0.1) is 11.8 Å². The molecule has 1 aliphatic rings. The monoisotopic (exact) mass is 340 g/mol. The fourth-order valence-electron chi connectivity index (χ4n) is 2.70. The first-order valence-corrected chi connectivity index (χ1v) is 8.99. The summed E-state index contributed by atoms with van der Waals surface area (Å²) in [6.07, 6.45) is 0.198. The van der Waals surface area contributed by atoms with Crippen LogP contribution in [0.25, 0.3) is 0 Å². The molecule has 124 valence electrons. The second-order valence-electron chi connectivity index (χ2n) is 5.90. The van der Waals surface area contributed by atoms with Crippen molar-refractivity contribution in [3.63, 3.8) is 0 Å². The molecule has 3 rings (SSSR count). The number of thioether (sulfide) groups is 1. The predicted octanol–water partition coefficient (Wildman–Crippen LogP) is 3.61. The SMILES string of the molecule is C[C@@H](NC(=O)C[C@H]1CSc2ccccc2NC1=O)c1ccccc1. The third-order valence-corrected chi connectivity index (χ3v) is 5.30. The zero-order chi connectivity index (χ0) is 16.9. The van der Waals surface area contributed by atoms with Gasteiger partial charge in [-0.1, -0.05) is 42.5 Å². The number of amides is 2. The number of carbonyl (C=O) groups excluding carboxylic acids is 2. The van der Waals surface area contributed by atoms with Gasteiger partial charge in [-0.05, 0) is 24.6 Å². The molecule has 24 heavy (non-hydrogen) atoms. The highest BCUT2D eigenvalue weighted by atomic mass is 32.2. The van der Waals surface area contributed by atoms with Crippen molar-refractivity contribution in [2.24, 2.45) is 5.92 Å². The van der Waals surface area contributed by atoms with Gasteiger partial charge in [-0.2, -0.15) is 0 Å². The van der Waals surface area contributed by atoms with Gasteiger partial charge >= 0.3 is 0 Å². The molecule has 2 N–H and O–H groups in total. The second kappa shape index (κ2) is 7.53. The number of rotatable bonds is 4. The summed E-state index contributed by atoms with van der Waals surface area (Å²) in [7, 11) is 0. The smallest absolute Gasteiger partial charge is 0.228 e. The lowest BCUT2D eigenvalue weighted by Gasteiger charge is -2.17. The minimum Gasteiger partial charge on any atom is -0.350 e. The van der Waals surface area contributed by atoms with E-state index in [2.05, 4.69) is 10.6 Å². The summed E-state index contributed by atoms with van der Waals surface area (Å²) in [6, 6.07) is 17.5. The molecule has 0 aromatic heterocycles. The Kier molecular flexibility index (Phi) is 5.20. The van der Waals surface area contributed by atoms with Gasteiger partial charge in [0, 0.05) is 17.1 Å². The third-order valence-electron chi connectivity index (χ3n) is 4.06. The molecule has 0 saturated carbocycles. The van der Waals surface area contributed by atoms with Crippen LogP contribution in [0.5, 0.6) is 0 Å². The average Bonchev–Trinajstić information content (AvgIpc) is 2.75. The molecule has 2 atom stereocenters. The minimum absolute atomic E-state index is 0.0719. The number of fused-ring (bicyclic) bond motifs is 1. The van der Waals surface area contributed by atoms with Crippen molar-refractivity contribution in [1.82, 2.24) is 5.32 Å². The van der Waals surface area contributed by atoms with Crippen molar-refractivity contribution in [1.29, 1.82) is 0 Å². The van der Waals surface area contributed by atoms with Gasteiger partial charge in [-0.25, -0.2) is 0 Å². The number of hydrogen-bond donors (Lipinski definition) is 2. The van der Waals surface area contributed by atoms with E-state index in [1.54, 1.807) is 11.8 Å². The fourth-order valence-corrected chi connectivity index (χ4v) is 3.80. The number of carbonyl (C=O) groups is 2. The Morgan fingerprint density at radius 2 is 1.92 bits per heavy atom. The topological polar surface area (TPSA) is 58.2 Å². The van der Waals surface area contributed by atoms with Crippen LogP contribution in [0.3, 0.4) is 0 Å². The molecule has 5 heteroatoms. The summed E-state index contributed by atoms with van der Waals surface area (Å²) in [5.41, 5.74) is 1.88. The Labute approximate surface area is 146 Å². The molecule has 0 spiro atoms. The van der Waals surface area contributed by atoms with E-state index in [4.69, 9.17) is 0 Å². The standard InChI is InChI=1S/C19H20N2O2S/c1-13(14-7-3-2-4-8-14)20-18(22)11-15-12-24-17-10-6-5-9-16(17)21-19(15)23/h2-10,13,15H,11-12H2,1H3,(H,20,22)(H,21,23)/t13-,15+/m1/s1. The molecule has 2 amide bonds. The van der Waals surface area contributed by atoms with Crippen LogP contribution in [0, 0.1) is 5.92 Å². The molecule has 0 fully saturated rings. The highest BCUT2D eigenvalue weighted by Crippen LogP contribution is 2.33. The maximum atomic E-state index is 12.4. The van der Waals surface area contributed by atoms with Gasteiger partial charge in [0.2, 0.25) is 11.8 Å². The van der Waals surface area contributed by atoms with E-state index in [0.29, 0.717) is 5.75 Å². The van der Waals surface area contributed by atoms with Crippen LogP contribution >= 0.6 is 11.8 Å². The normalized spacial score (nSPS) is 18.0. The van der Waals surface area contributed by atoms with Crippen molar-refractivity contribution >= 4 is 29.3 Å². The Morgan fingerprint density at radius 1 is 1.21 bits per heavy atom. The Morgan fingerprint density at radius 3 is 2.71 bits per heavy atom. The summed E-state index contributed by atoms with van der Waals surface area (Å²) in [6.45, 7) is 1.95. The zero-order valence-corrected chi connectivity index (χ0v) is 14.3. The summed E-state index contributed by atoms with van der Waals surface area (Å²) in [5.74, 6) is 0.0918. The van der Waals surface area contributed by atoms with Gasteiger partial charge in [-0.3, -0.25) is 9.59 Å². The first-order valence-electron chi connectivity index (χ1n) is 8.00. The van der Waals surface area contributed by atoms with E-state index in [1.807, 2.05) is 61.5 Å². The lowest BCUT2D eigenvalue weighted by molar-refractivity contribution is -0.127. The molecule has 4 nitrogen and oxygen atoms in total. The number of para-hydroxylation sites is 1. The van der Waals surface area contributed by atoms with Crippen LogP contribution in [0.15, 0.2) is 59.5 Å². The van der Waals surface area contributed by atoms with Crippen LogP contribution in [0.1, 0.15) is 24.9 Å². The Bertz CT molecular complexity index is 733. The van der Waals surface area contributed by atoms with Gasteiger partial charge in [0.05, 0.1) is 17.6 Å². The van der Waals surface area contributed by atoms with Gasteiger partial charge in [0.25, 0.3) is 0 Å². The quantitative estimate of drug-likeness (QED) is 0.894. The maximum absolute atomic E-state index is 12.4. The lowest BCUT2D eigenvalue weighted by Crippen LogP contribution is -2.32. The van der Waals surface area contributed by atoms with Crippen LogP contribution in [0.2, 0.25) is 0 Å². The number of hydrogen-bond acceptors (Lipinski definition) is 3. The van der Waals surface area contributed by atoms with E-state index in [-0.39, 0.29) is 30.2 Å². The highest BCUT2D eigenvalue weighted by Gasteiger charge is 2.26. The van der Waals surface area contributed by atoms with Crippen LogP contribution in [0.4, 0.5) is 5.69 Å². The average molecular weight is 340 g/mol. The van der Waals surface area contributed by atoms with Gasteiger partial charge in [0.15, 0.2) is 0 Å². The molecule has 0 aliphatic carbocycles. The summed E-state index contributed by atoms with van der Waals surface area (Å²) >= 11 is 1.62. The zero-order valence-electron chi connectivity index (χ0n) is 13.5. The molecule has 1 heterocycles. The summed E-state index contributed by atoms with van der Waals surface area (Å²) in [4.78, 5) is 25.7. The molecule has 1 aliphatic heterocycles. The summed E-state index contributed by atoms with van der Waals surface area (Å²) in [5, 5.41) is 5.90. The number of anilines is 1. The first-order chi connectivity index (χ1) is 11.6. The highest BCUT2D eigenvalue weighted by molar-refractivity contribution is 7.99. The minimum atomic E-state index is -0.328. The van der Waals surface area contributed by atoms with E-state index < -0.39 is 0 Å². The van der Waals surface area contributed by atoms with Gasteiger partial charge < -0.3 is 10.6 Å². The lowest BCUT2D eigenvalue weighted by atomic mass is 10.0. The van der Waals surface area contributed by atoms with Crippen LogP contribution in [-0.2, 0) is 9.59 Å². The number of benzene rings is 2. The molecular weight excluding hydrogens is 320 g/mol. The molecule has 2 aromatic rings. The largest absolute Gasteiger partial charge is 0.350 e. The van der Waals surface area contributed by atoms with E-state index >= 15 is 0 Å². The van der Waals surface area contributed by atoms with Crippen LogP contribution < -0.4 is 10.6 Å². The van der Waals surface area contributed by atoms with Gasteiger partial charge in [0.1, 0.15) is 0 Å². The fraction of sp³-hybridized carbons (Fsp3) is 0.263. The molecule has 0 saturated heterocycles. The molecule has 2 aromatic carbocycles. The Balaban J connectivity index is 1.60. The van der Waals surface area contributed by atoms with E-state index in [0.717, 1.165) is 16.1 Å². The molecule has 0 bridgehead atoms. The van der Waals surface area contributed by atoms with Crippen molar-refractivity contribution in [3.05, 3.63) is 60.2 Å². The molecule has 0 unspecified atom stereocenters. The van der Waals surface area contributed by atoms with E-state index in [9.17, 15) is 9.59 Å². The summed E-state index contributed by atoms with van der Waals surface area (Å²) < 4.78 is 0. The van der Waals surface area contributed by atoms with Crippen molar-refractivity contribution in [2.75, 3.05) is 11.1 Å². The Hall–Kier alpha value is -2.27. The van der Waals surface area contributed by atoms with Crippen molar-refractivity contribution in [2.45, 2.75) is 24.3 Å². The molecular formula is C19H20N2O2S. The first kappa shape index (κ1) is 16.6. The van der Waals surface area contributed by atoms with E-state index in [1.165, 1.54) is 0 Å².